The molecule has 2 aromatic heterocycles. The first-order chi connectivity index (χ1) is 9.74. The molecule has 0 aromatic carbocycles. The Morgan fingerprint density at radius 2 is 2.25 bits per heavy atom. The summed E-state index contributed by atoms with van der Waals surface area (Å²) in [6.07, 6.45) is 4.49. The number of hydrogen-bond donors (Lipinski definition) is 1. The second-order valence-corrected chi connectivity index (χ2v) is 6.30. The number of anilines is 1. The minimum atomic E-state index is 0.720. The van der Waals surface area contributed by atoms with Crippen molar-refractivity contribution in [2.45, 2.75) is 38.9 Å². The molecular formula is C15H20N4S. The number of hydrogen-bond acceptors (Lipinski definition) is 5. The molecule has 0 bridgehead atoms. The first-order valence-electron chi connectivity index (χ1n) is 7.01. The smallest absolute Gasteiger partial charge is 0.133 e. The monoisotopic (exact) mass is 288 g/mol. The third-order valence-electron chi connectivity index (χ3n) is 3.61. The van der Waals surface area contributed by atoms with Crippen LogP contribution >= 0.6 is 11.3 Å². The van der Waals surface area contributed by atoms with Gasteiger partial charge in [0.1, 0.15) is 5.82 Å². The van der Waals surface area contributed by atoms with Crippen LogP contribution in [0.15, 0.2) is 23.8 Å². The molecule has 5 heteroatoms. The molecule has 0 radical (unpaired) electrons. The van der Waals surface area contributed by atoms with E-state index >= 15 is 0 Å². The van der Waals surface area contributed by atoms with E-state index in [2.05, 4.69) is 40.2 Å². The molecule has 0 spiro atoms. The average Bonchev–Trinajstić information content (AvgIpc) is 3.21. The standard InChI is InChI=1S/C15H20N4S/c1-11-14(20-10-18-11)9-19(2)15-12(4-3-7-16-15)8-17-13-5-6-13/h3-4,7,10,13,17H,5-6,8-9H2,1-2H3. The topological polar surface area (TPSA) is 41.1 Å². The van der Waals surface area contributed by atoms with E-state index in [1.165, 1.54) is 23.3 Å². The van der Waals surface area contributed by atoms with Crippen LogP contribution < -0.4 is 10.2 Å². The van der Waals surface area contributed by atoms with E-state index in [0.717, 1.165) is 30.6 Å². The highest BCUT2D eigenvalue weighted by Crippen LogP contribution is 2.23. The molecule has 0 amide bonds. The number of rotatable bonds is 6. The molecular weight excluding hydrogens is 268 g/mol. The highest BCUT2D eigenvalue weighted by Gasteiger charge is 2.21. The lowest BCUT2D eigenvalue weighted by molar-refractivity contribution is 0.683. The summed E-state index contributed by atoms with van der Waals surface area (Å²) in [5, 5.41) is 3.56. The summed E-state index contributed by atoms with van der Waals surface area (Å²) in [5.41, 5.74) is 4.30. The van der Waals surface area contributed by atoms with Crippen LogP contribution in [-0.2, 0) is 13.1 Å². The van der Waals surface area contributed by atoms with E-state index in [1.54, 1.807) is 11.3 Å². The fraction of sp³-hybridized carbons (Fsp3) is 0.467. The Morgan fingerprint density at radius 1 is 1.40 bits per heavy atom. The van der Waals surface area contributed by atoms with Crippen LogP contribution in [-0.4, -0.2) is 23.1 Å². The number of nitrogens with zero attached hydrogens (tertiary/aromatic N) is 3. The third kappa shape index (κ3) is 3.16. The van der Waals surface area contributed by atoms with Crippen molar-refractivity contribution in [3.05, 3.63) is 40.0 Å². The van der Waals surface area contributed by atoms with Gasteiger partial charge in [0.05, 0.1) is 17.7 Å². The lowest BCUT2D eigenvalue weighted by Crippen LogP contribution is -2.22. The highest BCUT2D eigenvalue weighted by atomic mass is 32.1. The summed E-state index contributed by atoms with van der Waals surface area (Å²) in [6, 6.07) is 4.89. The summed E-state index contributed by atoms with van der Waals surface area (Å²) in [4.78, 5) is 12.4. The second-order valence-electron chi connectivity index (χ2n) is 5.36. The number of aryl methyl sites for hydroxylation is 1. The van der Waals surface area contributed by atoms with E-state index in [9.17, 15) is 0 Å². The SMILES string of the molecule is Cc1ncsc1CN(C)c1ncccc1CNC1CC1. The molecule has 106 valence electrons. The lowest BCUT2D eigenvalue weighted by Gasteiger charge is -2.21. The van der Waals surface area contributed by atoms with Crippen molar-refractivity contribution < 1.29 is 0 Å². The molecule has 1 aliphatic carbocycles. The van der Waals surface area contributed by atoms with Crippen molar-refractivity contribution in [3.63, 3.8) is 0 Å². The van der Waals surface area contributed by atoms with Crippen molar-refractivity contribution in [3.8, 4) is 0 Å². The summed E-state index contributed by atoms with van der Waals surface area (Å²) < 4.78 is 0. The largest absolute Gasteiger partial charge is 0.354 e. The van der Waals surface area contributed by atoms with Gasteiger partial charge in [0.2, 0.25) is 0 Å². The summed E-state index contributed by atoms with van der Waals surface area (Å²) in [6.45, 7) is 3.83. The molecule has 1 aliphatic rings. The molecule has 2 aromatic rings. The fourth-order valence-corrected chi connectivity index (χ4v) is 3.05. The van der Waals surface area contributed by atoms with Crippen molar-refractivity contribution in [1.29, 1.82) is 0 Å². The van der Waals surface area contributed by atoms with E-state index in [-0.39, 0.29) is 0 Å². The van der Waals surface area contributed by atoms with Crippen LogP contribution in [0.1, 0.15) is 29.0 Å². The van der Waals surface area contributed by atoms with Gasteiger partial charge in [-0.1, -0.05) is 6.07 Å². The van der Waals surface area contributed by atoms with Gasteiger partial charge in [-0.15, -0.1) is 11.3 Å². The Balaban J connectivity index is 1.72. The zero-order valence-electron chi connectivity index (χ0n) is 12.0. The average molecular weight is 288 g/mol. The third-order valence-corrected chi connectivity index (χ3v) is 4.53. The summed E-state index contributed by atoms with van der Waals surface area (Å²) >= 11 is 1.71. The predicted octanol–water partition coefficient (Wildman–Crippen LogP) is 2.73. The van der Waals surface area contributed by atoms with Crippen LogP contribution in [0.5, 0.6) is 0 Å². The van der Waals surface area contributed by atoms with Gasteiger partial charge in [0, 0.05) is 36.3 Å². The minimum absolute atomic E-state index is 0.720. The Labute approximate surface area is 123 Å². The lowest BCUT2D eigenvalue weighted by atomic mass is 10.2. The molecule has 1 saturated carbocycles. The van der Waals surface area contributed by atoms with Gasteiger partial charge in [0.15, 0.2) is 0 Å². The van der Waals surface area contributed by atoms with Gasteiger partial charge < -0.3 is 10.2 Å². The fourth-order valence-electron chi connectivity index (χ4n) is 2.22. The summed E-state index contributed by atoms with van der Waals surface area (Å²) in [7, 11) is 2.10. The predicted molar refractivity (Wildman–Crippen MR) is 83.1 cm³/mol. The Bertz CT molecular complexity index is 577. The number of aromatic nitrogens is 2. The normalized spacial score (nSPS) is 14.5. The molecule has 20 heavy (non-hydrogen) atoms. The van der Waals surface area contributed by atoms with Crippen LogP contribution in [0.4, 0.5) is 5.82 Å². The minimum Gasteiger partial charge on any atom is -0.354 e. The zero-order chi connectivity index (χ0) is 13.9. The Morgan fingerprint density at radius 3 is 2.95 bits per heavy atom. The van der Waals surface area contributed by atoms with Crippen molar-refractivity contribution >= 4 is 17.2 Å². The second kappa shape index (κ2) is 5.89. The highest BCUT2D eigenvalue weighted by molar-refractivity contribution is 7.09. The van der Waals surface area contributed by atoms with Crippen LogP contribution in [0.2, 0.25) is 0 Å². The van der Waals surface area contributed by atoms with E-state index < -0.39 is 0 Å². The van der Waals surface area contributed by atoms with Crippen LogP contribution in [0, 0.1) is 6.92 Å². The maximum Gasteiger partial charge on any atom is 0.133 e. The number of thiazole rings is 1. The molecule has 1 N–H and O–H groups in total. The van der Waals surface area contributed by atoms with Crippen molar-refractivity contribution in [2.24, 2.45) is 0 Å². The molecule has 0 atom stereocenters. The maximum absolute atomic E-state index is 4.56. The summed E-state index contributed by atoms with van der Waals surface area (Å²) in [5.74, 6) is 1.06. The Hall–Kier alpha value is -1.46. The zero-order valence-corrected chi connectivity index (χ0v) is 12.8. The maximum atomic E-state index is 4.56. The molecule has 4 nitrogen and oxygen atoms in total. The Kier molecular flexibility index (Phi) is 3.98. The first-order valence-corrected chi connectivity index (χ1v) is 7.89. The molecule has 2 heterocycles. The van der Waals surface area contributed by atoms with E-state index in [4.69, 9.17) is 0 Å². The van der Waals surface area contributed by atoms with Crippen LogP contribution in [0.3, 0.4) is 0 Å². The van der Waals surface area contributed by atoms with Gasteiger partial charge in [-0.3, -0.25) is 0 Å². The van der Waals surface area contributed by atoms with E-state index in [0.29, 0.717) is 0 Å². The van der Waals surface area contributed by atoms with Gasteiger partial charge in [-0.25, -0.2) is 9.97 Å². The van der Waals surface area contributed by atoms with Crippen molar-refractivity contribution in [2.75, 3.05) is 11.9 Å². The van der Waals surface area contributed by atoms with Crippen LogP contribution in [0.25, 0.3) is 0 Å². The van der Waals surface area contributed by atoms with Gasteiger partial charge >= 0.3 is 0 Å². The number of pyridine rings is 1. The molecule has 0 unspecified atom stereocenters. The van der Waals surface area contributed by atoms with Gasteiger partial charge in [0.25, 0.3) is 0 Å². The number of nitrogens with one attached hydrogen (secondary N) is 1. The van der Waals surface area contributed by atoms with Crippen molar-refractivity contribution in [1.82, 2.24) is 15.3 Å². The van der Waals surface area contributed by atoms with Gasteiger partial charge in [-0.05, 0) is 25.8 Å². The quantitative estimate of drug-likeness (QED) is 0.887. The van der Waals surface area contributed by atoms with E-state index in [1.807, 2.05) is 17.8 Å². The first kappa shape index (κ1) is 13.5. The molecule has 0 aliphatic heterocycles. The van der Waals surface area contributed by atoms with Gasteiger partial charge in [-0.2, -0.15) is 0 Å². The molecule has 1 fully saturated rings. The molecule has 3 rings (SSSR count). The molecule has 0 saturated heterocycles.